The van der Waals surface area contributed by atoms with Crippen molar-refractivity contribution in [2.75, 3.05) is 0 Å². The summed E-state index contributed by atoms with van der Waals surface area (Å²) in [6.45, 7) is 0. The van der Waals surface area contributed by atoms with E-state index in [9.17, 15) is 0 Å². The Morgan fingerprint density at radius 2 is 1.91 bits per heavy atom. The van der Waals surface area contributed by atoms with E-state index >= 15 is 0 Å². The Bertz CT molecular complexity index is 900. The fraction of sp³-hybridized carbons (Fsp3) is 0.0588. The molecule has 0 aliphatic heterocycles. The number of hydrogen-bond donors (Lipinski definition) is 0. The van der Waals surface area contributed by atoms with E-state index in [0.717, 1.165) is 4.88 Å². The number of rotatable bonds is 4. The second kappa shape index (κ2) is 5.94. The summed E-state index contributed by atoms with van der Waals surface area (Å²) in [6, 6.07) is 18.8. The lowest BCUT2D eigenvalue weighted by Crippen LogP contribution is -1.81. The molecule has 0 fully saturated rings. The second-order valence-corrected chi connectivity index (χ2v) is 6.78. The Morgan fingerprint density at radius 1 is 1.00 bits per heavy atom. The summed E-state index contributed by atoms with van der Waals surface area (Å²) in [5.41, 5.74) is 0. The molecule has 2 aromatic carbocycles. The maximum atomic E-state index is 5.32. The molecule has 2 heterocycles. The minimum absolute atomic E-state index is 0.654. The quantitative estimate of drug-likeness (QED) is 0.481. The number of fused-ring (bicyclic) bond motifs is 1. The van der Waals surface area contributed by atoms with Crippen LogP contribution in [0.25, 0.3) is 21.5 Å². The van der Waals surface area contributed by atoms with Crippen molar-refractivity contribution in [2.45, 2.75) is 10.6 Å². The van der Waals surface area contributed by atoms with Gasteiger partial charge in [-0.3, -0.25) is 0 Å². The SMILES string of the molecule is c1csc(-c2noc(CSc3ccc4ccccc4c3)n2)c1. The van der Waals surface area contributed by atoms with Gasteiger partial charge in [0.25, 0.3) is 0 Å². The molecule has 4 rings (SSSR count). The largest absolute Gasteiger partial charge is 0.338 e. The molecule has 0 atom stereocenters. The van der Waals surface area contributed by atoms with Gasteiger partial charge < -0.3 is 4.52 Å². The number of benzene rings is 2. The molecule has 22 heavy (non-hydrogen) atoms. The van der Waals surface area contributed by atoms with Gasteiger partial charge in [-0.2, -0.15) is 4.98 Å². The average Bonchev–Trinajstić information content (AvgIpc) is 3.24. The minimum atomic E-state index is 0.654. The first-order chi connectivity index (χ1) is 10.9. The van der Waals surface area contributed by atoms with Gasteiger partial charge in [0.1, 0.15) is 0 Å². The van der Waals surface area contributed by atoms with Crippen molar-refractivity contribution in [2.24, 2.45) is 0 Å². The molecule has 108 valence electrons. The number of hydrogen-bond acceptors (Lipinski definition) is 5. The van der Waals surface area contributed by atoms with Crippen molar-refractivity contribution >= 4 is 33.9 Å². The van der Waals surface area contributed by atoms with Gasteiger partial charge >= 0.3 is 0 Å². The Kier molecular flexibility index (Phi) is 3.66. The Hall–Kier alpha value is -2.11. The third-order valence-electron chi connectivity index (χ3n) is 3.29. The van der Waals surface area contributed by atoms with Gasteiger partial charge in [-0.25, -0.2) is 0 Å². The summed E-state index contributed by atoms with van der Waals surface area (Å²) in [5, 5.41) is 8.54. The molecule has 0 unspecified atom stereocenters. The normalized spacial score (nSPS) is 11.1. The highest BCUT2D eigenvalue weighted by atomic mass is 32.2. The Balaban J connectivity index is 1.49. The molecule has 0 aliphatic rings. The lowest BCUT2D eigenvalue weighted by atomic mass is 10.1. The summed E-state index contributed by atoms with van der Waals surface area (Å²) < 4.78 is 5.32. The second-order valence-electron chi connectivity index (χ2n) is 4.79. The molecule has 0 N–H and O–H groups in total. The number of thiophene rings is 1. The standard InChI is InChI=1S/C17H12N2OS2/c1-2-5-13-10-14(8-7-12(13)4-1)22-11-16-18-17(19-20-16)15-6-3-9-21-15/h1-10H,11H2. The maximum Gasteiger partial charge on any atom is 0.237 e. The van der Waals surface area contributed by atoms with Crippen LogP contribution in [0.3, 0.4) is 0 Å². The lowest BCUT2D eigenvalue weighted by molar-refractivity contribution is 0.392. The van der Waals surface area contributed by atoms with Crippen LogP contribution < -0.4 is 0 Å². The minimum Gasteiger partial charge on any atom is -0.338 e. The van der Waals surface area contributed by atoms with Crippen molar-refractivity contribution in [3.05, 3.63) is 65.9 Å². The van der Waals surface area contributed by atoms with Gasteiger partial charge in [0.2, 0.25) is 11.7 Å². The Morgan fingerprint density at radius 3 is 2.77 bits per heavy atom. The molecule has 3 nitrogen and oxygen atoms in total. The van der Waals surface area contributed by atoms with Crippen LogP contribution in [0.4, 0.5) is 0 Å². The average molecular weight is 324 g/mol. The van der Waals surface area contributed by atoms with Crippen LogP contribution in [0.15, 0.2) is 69.4 Å². The van der Waals surface area contributed by atoms with Crippen LogP contribution in [0.1, 0.15) is 5.89 Å². The van der Waals surface area contributed by atoms with E-state index in [1.807, 2.05) is 17.5 Å². The number of thioether (sulfide) groups is 1. The highest BCUT2D eigenvalue weighted by Crippen LogP contribution is 2.27. The van der Waals surface area contributed by atoms with Crippen LogP contribution >= 0.6 is 23.1 Å². The van der Waals surface area contributed by atoms with E-state index in [0.29, 0.717) is 17.5 Å². The molecule has 0 bridgehead atoms. The molecular formula is C17H12N2OS2. The third kappa shape index (κ3) is 2.77. The summed E-state index contributed by atoms with van der Waals surface area (Å²) >= 11 is 3.32. The fourth-order valence-corrected chi connectivity index (χ4v) is 3.65. The molecule has 4 aromatic rings. The number of aromatic nitrogens is 2. The summed E-state index contributed by atoms with van der Waals surface area (Å²) in [6.07, 6.45) is 0. The van der Waals surface area contributed by atoms with Crippen molar-refractivity contribution in [1.82, 2.24) is 10.1 Å². The first-order valence-electron chi connectivity index (χ1n) is 6.86. The van der Waals surface area contributed by atoms with Crippen LogP contribution in [0.5, 0.6) is 0 Å². The topological polar surface area (TPSA) is 38.9 Å². The molecule has 5 heteroatoms. The van der Waals surface area contributed by atoms with E-state index in [1.165, 1.54) is 15.7 Å². The monoisotopic (exact) mass is 324 g/mol. The molecule has 0 saturated carbocycles. The first kappa shape index (κ1) is 13.5. The zero-order valence-electron chi connectivity index (χ0n) is 11.6. The van der Waals surface area contributed by atoms with Gasteiger partial charge in [0.15, 0.2) is 0 Å². The van der Waals surface area contributed by atoms with Gasteiger partial charge in [-0.05, 0) is 34.4 Å². The summed E-state index contributed by atoms with van der Waals surface area (Å²) in [7, 11) is 0. The van der Waals surface area contributed by atoms with E-state index in [1.54, 1.807) is 23.1 Å². The zero-order chi connectivity index (χ0) is 14.8. The first-order valence-corrected chi connectivity index (χ1v) is 8.73. The molecule has 0 radical (unpaired) electrons. The predicted molar refractivity (Wildman–Crippen MR) is 91.1 cm³/mol. The molecular weight excluding hydrogens is 312 g/mol. The fourth-order valence-electron chi connectivity index (χ4n) is 2.22. The molecule has 2 aromatic heterocycles. The molecule has 0 aliphatic carbocycles. The van der Waals surface area contributed by atoms with E-state index in [4.69, 9.17) is 4.52 Å². The van der Waals surface area contributed by atoms with E-state index in [-0.39, 0.29) is 0 Å². The third-order valence-corrected chi connectivity index (χ3v) is 5.14. The summed E-state index contributed by atoms with van der Waals surface area (Å²) in [4.78, 5) is 6.68. The molecule has 0 amide bonds. The van der Waals surface area contributed by atoms with Crippen molar-refractivity contribution < 1.29 is 4.52 Å². The summed E-state index contributed by atoms with van der Waals surface area (Å²) in [5.74, 6) is 2.00. The lowest BCUT2D eigenvalue weighted by Gasteiger charge is -2.01. The van der Waals surface area contributed by atoms with E-state index in [2.05, 4.69) is 52.6 Å². The zero-order valence-corrected chi connectivity index (χ0v) is 13.2. The van der Waals surface area contributed by atoms with Crippen LogP contribution in [-0.4, -0.2) is 10.1 Å². The maximum absolute atomic E-state index is 5.32. The van der Waals surface area contributed by atoms with Crippen molar-refractivity contribution in [1.29, 1.82) is 0 Å². The van der Waals surface area contributed by atoms with Crippen LogP contribution in [0.2, 0.25) is 0 Å². The van der Waals surface area contributed by atoms with E-state index < -0.39 is 0 Å². The van der Waals surface area contributed by atoms with Crippen molar-refractivity contribution in [3.63, 3.8) is 0 Å². The number of nitrogens with zero attached hydrogens (tertiary/aromatic N) is 2. The molecule has 0 spiro atoms. The Labute approximate surface area is 136 Å². The van der Waals surface area contributed by atoms with Crippen LogP contribution in [-0.2, 0) is 5.75 Å². The van der Waals surface area contributed by atoms with Crippen LogP contribution in [0, 0.1) is 0 Å². The van der Waals surface area contributed by atoms with Gasteiger partial charge in [0, 0.05) is 4.90 Å². The highest BCUT2D eigenvalue weighted by Gasteiger charge is 2.09. The van der Waals surface area contributed by atoms with Crippen molar-refractivity contribution in [3.8, 4) is 10.7 Å². The molecule has 0 saturated heterocycles. The van der Waals surface area contributed by atoms with Gasteiger partial charge in [0.05, 0.1) is 10.6 Å². The smallest absolute Gasteiger partial charge is 0.237 e. The van der Waals surface area contributed by atoms with Gasteiger partial charge in [-0.1, -0.05) is 41.6 Å². The van der Waals surface area contributed by atoms with Gasteiger partial charge in [-0.15, -0.1) is 23.1 Å². The predicted octanol–water partition coefficient (Wildman–Crippen LogP) is 5.24. The highest BCUT2D eigenvalue weighted by molar-refractivity contribution is 7.98.